The number of esters is 2. The van der Waals surface area contributed by atoms with E-state index in [0.29, 0.717) is 30.6 Å². The number of nitrogens with two attached hydrogens (primary N) is 1. The van der Waals surface area contributed by atoms with Crippen LogP contribution in [0.1, 0.15) is 42.1 Å². The lowest BCUT2D eigenvalue weighted by Gasteiger charge is -2.27. The molecule has 0 saturated heterocycles. The van der Waals surface area contributed by atoms with Gasteiger partial charge in [-0.2, -0.15) is 25.8 Å². The summed E-state index contributed by atoms with van der Waals surface area (Å²) in [7, 11) is 0. The molecule has 3 rings (SSSR count). The van der Waals surface area contributed by atoms with Crippen LogP contribution >= 0.6 is 12.6 Å². The standard InChI is InChI=1S/C25H26F3N3O5S/c1-15(12-22(33)36-24(35)25(26,27)28)30-14-21(32)31(17-7-3-2-4-8-17)19-11-10-16(6-5-9-20(29)37)13-18(19)23(30)34/h2-4,7-8,10-11,13,15,20,37H,5-6,9,12,14,29H2,1H3. The number of benzene rings is 2. The summed E-state index contributed by atoms with van der Waals surface area (Å²) >= 11 is 4.16. The van der Waals surface area contributed by atoms with Gasteiger partial charge < -0.3 is 15.4 Å². The first-order valence-corrected chi connectivity index (χ1v) is 12.0. The summed E-state index contributed by atoms with van der Waals surface area (Å²) in [5.41, 5.74) is 7.54. The van der Waals surface area contributed by atoms with Crippen LogP contribution in [-0.2, 0) is 25.5 Å². The van der Waals surface area contributed by atoms with Gasteiger partial charge in [-0.1, -0.05) is 24.3 Å². The predicted octanol–water partition coefficient (Wildman–Crippen LogP) is 3.76. The molecule has 0 aromatic heterocycles. The smallest absolute Gasteiger partial charge is 0.386 e. The molecule has 0 radical (unpaired) electrons. The topological polar surface area (TPSA) is 110 Å². The summed E-state index contributed by atoms with van der Waals surface area (Å²) in [4.78, 5) is 52.5. The summed E-state index contributed by atoms with van der Waals surface area (Å²) in [6.07, 6.45) is -4.12. The minimum absolute atomic E-state index is 0.189. The number of hydrogen-bond acceptors (Lipinski definition) is 7. The van der Waals surface area contributed by atoms with Crippen molar-refractivity contribution in [2.45, 2.75) is 50.2 Å². The van der Waals surface area contributed by atoms with Gasteiger partial charge in [0.15, 0.2) is 0 Å². The number of anilines is 2. The molecule has 1 aliphatic heterocycles. The minimum Gasteiger partial charge on any atom is -0.386 e. The van der Waals surface area contributed by atoms with Crippen molar-refractivity contribution < 1.29 is 37.1 Å². The van der Waals surface area contributed by atoms with Gasteiger partial charge >= 0.3 is 18.1 Å². The zero-order valence-corrected chi connectivity index (χ0v) is 20.8. The molecule has 198 valence electrons. The summed E-state index contributed by atoms with van der Waals surface area (Å²) < 4.78 is 41.2. The number of amides is 2. The lowest BCUT2D eigenvalue weighted by Crippen LogP contribution is -2.44. The van der Waals surface area contributed by atoms with E-state index in [2.05, 4.69) is 17.4 Å². The molecule has 2 aromatic rings. The van der Waals surface area contributed by atoms with Gasteiger partial charge in [0, 0.05) is 17.1 Å². The van der Waals surface area contributed by atoms with Crippen molar-refractivity contribution in [1.82, 2.24) is 4.90 Å². The summed E-state index contributed by atoms with van der Waals surface area (Å²) in [6.45, 7) is 0.939. The van der Waals surface area contributed by atoms with Crippen LogP contribution in [0.2, 0.25) is 0 Å². The van der Waals surface area contributed by atoms with Crippen LogP contribution in [0, 0.1) is 0 Å². The molecule has 37 heavy (non-hydrogen) atoms. The van der Waals surface area contributed by atoms with Crippen molar-refractivity contribution >= 4 is 47.8 Å². The van der Waals surface area contributed by atoms with Crippen LogP contribution < -0.4 is 10.6 Å². The number of ether oxygens (including phenoxy) is 1. The van der Waals surface area contributed by atoms with E-state index in [1.807, 2.05) is 0 Å². The van der Waals surface area contributed by atoms with E-state index in [9.17, 15) is 32.3 Å². The molecule has 2 N–H and O–H groups in total. The Morgan fingerprint density at radius 3 is 2.43 bits per heavy atom. The molecular formula is C25H26F3N3O5S. The van der Waals surface area contributed by atoms with Gasteiger partial charge in [-0.05, 0) is 56.0 Å². The SMILES string of the molecule is CC(CC(=O)OC(=O)C(F)(F)F)N1CC(=O)N(c2ccccc2)c2ccc(CCCC(N)S)cc2C1=O. The molecule has 2 aromatic carbocycles. The second-order valence-electron chi connectivity index (χ2n) is 8.62. The number of para-hydroxylation sites is 1. The molecule has 1 heterocycles. The highest BCUT2D eigenvalue weighted by Gasteiger charge is 2.43. The molecule has 0 bridgehead atoms. The second kappa shape index (κ2) is 11.8. The van der Waals surface area contributed by atoms with Crippen LogP contribution in [0.15, 0.2) is 48.5 Å². The number of halogens is 3. The Morgan fingerprint density at radius 1 is 1.14 bits per heavy atom. The molecule has 2 atom stereocenters. The molecule has 0 saturated carbocycles. The zero-order chi connectivity index (χ0) is 27.3. The maximum atomic E-state index is 13.6. The van der Waals surface area contributed by atoms with E-state index in [4.69, 9.17) is 5.73 Å². The maximum absolute atomic E-state index is 13.6. The first kappa shape index (κ1) is 28.2. The summed E-state index contributed by atoms with van der Waals surface area (Å²) in [6, 6.07) is 12.7. The highest BCUT2D eigenvalue weighted by atomic mass is 32.1. The van der Waals surface area contributed by atoms with E-state index in [-0.39, 0.29) is 10.9 Å². The molecule has 1 aliphatic rings. The largest absolute Gasteiger partial charge is 0.491 e. The molecule has 0 spiro atoms. The fourth-order valence-electron chi connectivity index (χ4n) is 3.97. The molecule has 12 heteroatoms. The van der Waals surface area contributed by atoms with E-state index >= 15 is 0 Å². The Balaban J connectivity index is 1.93. The van der Waals surface area contributed by atoms with Crippen molar-refractivity contribution in [2.75, 3.05) is 11.4 Å². The van der Waals surface area contributed by atoms with Gasteiger partial charge in [0.1, 0.15) is 6.54 Å². The van der Waals surface area contributed by atoms with E-state index < -0.39 is 48.9 Å². The quantitative estimate of drug-likeness (QED) is 0.230. The van der Waals surface area contributed by atoms with Crippen LogP contribution in [-0.4, -0.2) is 52.8 Å². The van der Waals surface area contributed by atoms with Gasteiger partial charge in [0.25, 0.3) is 11.8 Å². The number of alkyl halides is 3. The lowest BCUT2D eigenvalue weighted by atomic mass is 10.0. The fraction of sp³-hybridized carbons (Fsp3) is 0.360. The van der Waals surface area contributed by atoms with Gasteiger partial charge in [-0.3, -0.25) is 19.3 Å². The third kappa shape index (κ3) is 7.10. The van der Waals surface area contributed by atoms with Crippen LogP contribution in [0.25, 0.3) is 0 Å². The van der Waals surface area contributed by atoms with Crippen molar-refractivity contribution in [3.05, 3.63) is 59.7 Å². The Morgan fingerprint density at radius 2 is 1.81 bits per heavy atom. The average molecular weight is 538 g/mol. The molecule has 8 nitrogen and oxygen atoms in total. The molecule has 2 amide bonds. The molecular weight excluding hydrogens is 511 g/mol. The van der Waals surface area contributed by atoms with Gasteiger partial charge in [0.05, 0.1) is 17.7 Å². The number of nitrogens with zero attached hydrogens (tertiary/aromatic N) is 2. The third-order valence-electron chi connectivity index (χ3n) is 5.76. The van der Waals surface area contributed by atoms with Crippen molar-refractivity contribution in [2.24, 2.45) is 5.73 Å². The monoisotopic (exact) mass is 537 g/mol. The van der Waals surface area contributed by atoms with Crippen molar-refractivity contribution in [1.29, 1.82) is 0 Å². The van der Waals surface area contributed by atoms with E-state index in [1.54, 1.807) is 48.5 Å². The van der Waals surface area contributed by atoms with Gasteiger partial charge in [0.2, 0.25) is 0 Å². The van der Waals surface area contributed by atoms with Gasteiger partial charge in [-0.25, -0.2) is 4.79 Å². The van der Waals surface area contributed by atoms with Crippen molar-refractivity contribution in [3.63, 3.8) is 0 Å². The summed E-state index contributed by atoms with van der Waals surface area (Å²) in [5.74, 6) is -5.18. The second-order valence-corrected chi connectivity index (χ2v) is 9.28. The number of carbonyl (C=O) groups is 4. The number of carbonyl (C=O) groups excluding carboxylic acids is 4. The van der Waals surface area contributed by atoms with E-state index in [0.717, 1.165) is 10.5 Å². The number of fused-ring (bicyclic) bond motifs is 1. The normalized spacial score (nSPS) is 15.6. The number of thiol groups is 1. The Bertz CT molecular complexity index is 1170. The Kier molecular flexibility index (Phi) is 8.98. The van der Waals surface area contributed by atoms with Crippen molar-refractivity contribution in [3.8, 4) is 0 Å². The molecule has 2 unspecified atom stereocenters. The van der Waals surface area contributed by atoms with Crippen LogP contribution in [0.3, 0.4) is 0 Å². The minimum atomic E-state index is -5.34. The first-order valence-electron chi connectivity index (χ1n) is 11.5. The van der Waals surface area contributed by atoms with Crippen LogP contribution in [0.5, 0.6) is 0 Å². The highest BCUT2D eigenvalue weighted by Crippen LogP contribution is 2.34. The van der Waals surface area contributed by atoms with Gasteiger partial charge in [-0.15, -0.1) is 0 Å². The molecule has 0 aliphatic carbocycles. The van der Waals surface area contributed by atoms with Crippen LogP contribution in [0.4, 0.5) is 24.5 Å². The lowest BCUT2D eigenvalue weighted by molar-refractivity contribution is -0.202. The molecule has 0 fully saturated rings. The number of hydrogen-bond donors (Lipinski definition) is 2. The summed E-state index contributed by atoms with van der Waals surface area (Å²) in [5, 5.41) is -0.283. The Labute approximate surface area is 216 Å². The fourth-order valence-corrected chi connectivity index (χ4v) is 4.15. The highest BCUT2D eigenvalue weighted by molar-refractivity contribution is 7.80. The number of aryl methyl sites for hydroxylation is 1. The Hall–Kier alpha value is -3.38. The first-order chi connectivity index (χ1) is 17.4. The number of rotatable bonds is 8. The zero-order valence-electron chi connectivity index (χ0n) is 19.9. The third-order valence-corrected chi connectivity index (χ3v) is 6.02. The average Bonchev–Trinajstić information content (AvgIpc) is 2.92. The van der Waals surface area contributed by atoms with E-state index in [1.165, 1.54) is 11.8 Å². The maximum Gasteiger partial charge on any atom is 0.491 e. The predicted molar refractivity (Wildman–Crippen MR) is 132 cm³/mol.